The molecule has 1 saturated heterocycles. The maximum Gasteiger partial charge on any atom is 0.209 e. The van der Waals surface area contributed by atoms with Crippen LogP contribution < -0.4 is 9.64 Å². The van der Waals surface area contributed by atoms with Crippen LogP contribution in [0.5, 0.6) is 5.75 Å². The number of carbonyl (C=O) groups is 1. The van der Waals surface area contributed by atoms with Crippen LogP contribution in [-0.4, -0.2) is 54.6 Å². The molecule has 26 heavy (non-hydrogen) atoms. The van der Waals surface area contributed by atoms with E-state index in [1.807, 2.05) is 19.1 Å². The van der Waals surface area contributed by atoms with Crippen molar-refractivity contribution in [2.45, 2.75) is 6.92 Å². The maximum atomic E-state index is 11.0. The molecule has 0 spiro atoms. The lowest BCUT2D eigenvalue weighted by atomic mass is 10.1. The predicted molar refractivity (Wildman–Crippen MR) is 104 cm³/mol. The van der Waals surface area contributed by atoms with Crippen molar-refractivity contribution in [2.24, 2.45) is 0 Å². The lowest BCUT2D eigenvalue weighted by molar-refractivity contribution is -0.118. The summed E-state index contributed by atoms with van der Waals surface area (Å²) in [7, 11) is 1.67. The summed E-state index contributed by atoms with van der Waals surface area (Å²) in [5, 5.41) is 3.23. The van der Waals surface area contributed by atoms with Gasteiger partial charge in [0.1, 0.15) is 22.2 Å². The van der Waals surface area contributed by atoms with E-state index in [9.17, 15) is 4.79 Å². The summed E-state index contributed by atoms with van der Waals surface area (Å²) < 4.78 is 5.27. The first-order valence-electron chi connectivity index (χ1n) is 8.54. The van der Waals surface area contributed by atoms with Gasteiger partial charge in [0.2, 0.25) is 6.41 Å². The van der Waals surface area contributed by atoms with Gasteiger partial charge in [-0.1, -0.05) is 12.1 Å². The number of aryl methyl sites for hydroxylation is 1. The van der Waals surface area contributed by atoms with Crippen molar-refractivity contribution < 1.29 is 9.53 Å². The number of carbonyl (C=O) groups excluding carboxylic acids is 1. The summed E-state index contributed by atoms with van der Waals surface area (Å²) in [6.07, 6.45) is 0.922. The Hall–Kier alpha value is -2.67. The molecule has 3 heterocycles. The van der Waals surface area contributed by atoms with Crippen LogP contribution in [0.1, 0.15) is 5.82 Å². The van der Waals surface area contributed by atoms with Gasteiger partial charge in [0, 0.05) is 37.1 Å². The highest BCUT2D eigenvalue weighted by atomic mass is 32.1. The number of hydrogen-bond donors (Lipinski definition) is 0. The molecule has 1 amide bonds. The Kier molecular flexibility index (Phi) is 4.46. The van der Waals surface area contributed by atoms with Crippen molar-refractivity contribution >= 4 is 33.8 Å². The molecular weight excluding hydrogens is 348 g/mol. The van der Waals surface area contributed by atoms with Crippen molar-refractivity contribution in [2.75, 3.05) is 38.2 Å². The quantitative estimate of drug-likeness (QED) is 0.663. The van der Waals surface area contributed by atoms with Gasteiger partial charge in [-0.15, -0.1) is 11.3 Å². The van der Waals surface area contributed by atoms with Crippen molar-refractivity contribution in [3.63, 3.8) is 0 Å². The second-order valence-electron chi connectivity index (χ2n) is 6.28. The van der Waals surface area contributed by atoms with E-state index in [-0.39, 0.29) is 0 Å². The Morgan fingerprint density at radius 2 is 1.85 bits per heavy atom. The van der Waals surface area contributed by atoms with Crippen LogP contribution >= 0.6 is 11.3 Å². The molecule has 3 aromatic rings. The second kappa shape index (κ2) is 6.92. The molecule has 0 bridgehead atoms. The third-order valence-corrected chi connectivity index (χ3v) is 5.56. The molecule has 1 aliphatic heterocycles. The molecule has 0 saturated carbocycles. The zero-order valence-electron chi connectivity index (χ0n) is 14.8. The van der Waals surface area contributed by atoms with Crippen LogP contribution in [0.2, 0.25) is 0 Å². The average molecular weight is 368 g/mol. The van der Waals surface area contributed by atoms with Crippen LogP contribution in [-0.2, 0) is 4.79 Å². The normalized spacial score (nSPS) is 14.7. The van der Waals surface area contributed by atoms with E-state index in [1.54, 1.807) is 23.3 Å². The van der Waals surface area contributed by atoms with Gasteiger partial charge in [0.25, 0.3) is 0 Å². The number of amides is 1. The molecule has 0 N–H and O–H groups in total. The topological polar surface area (TPSA) is 58.6 Å². The standard InChI is InChI=1S/C19H20N4O2S/c1-13-20-18(23-9-7-22(12-24)8-10-23)17-16(11-26-19(17)21-13)14-3-5-15(25-2)6-4-14/h3-6,11-12H,7-10H2,1-2H3. The SMILES string of the molecule is COc1ccc(-c2csc3nc(C)nc(N4CCN(C=O)CC4)c23)cc1. The Labute approximate surface area is 156 Å². The first-order valence-corrected chi connectivity index (χ1v) is 9.42. The van der Waals surface area contributed by atoms with Crippen molar-refractivity contribution in [3.05, 3.63) is 35.5 Å². The molecule has 4 rings (SSSR count). The zero-order valence-corrected chi connectivity index (χ0v) is 15.6. The third-order valence-electron chi connectivity index (χ3n) is 4.69. The van der Waals surface area contributed by atoms with E-state index in [1.165, 1.54) is 0 Å². The van der Waals surface area contributed by atoms with Gasteiger partial charge in [0.15, 0.2) is 0 Å². The largest absolute Gasteiger partial charge is 0.497 e. The fraction of sp³-hybridized carbons (Fsp3) is 0.316. The molecule has 7 heteroatoms. The highest BCUT2D eigenvalue weighted by molar-refractivity contribution is 7.17. The molecule has 1 aliphatic rings. The van der Waals surface area contributed by atoms with Gasteiger partial charge in [-0.3, -0.25) is 4.79 Å². The maximum absolute atomic E-state index is 11.0. The molecule has 0 aliphatic carbocycles. The first kappa shape index (κ1) is 16.8. The predicted octanol–water partition coefficient (Wildman–Crippen LogP) is 2.95. The molecule has 1 fully saturated rings. The Balaban J connectivity index is 1.79. The third kappa shape index (κ3) is 2.99. The minimum Gasteiger partial charge on any atom is -0.497 e. The first-order chi connectivity index (χ1) is 12.7. The fourth-order valence-corrected chi connectivity index (χ4v) is 4.27. The number of nitrogens with zero attached hydrogens (tertiary/aromatic N) is 4. The van der Waals surface area contributed by atoms with Gasteiger partial charge >= 0.3 is 0 Å². The molecule has 0 radical (unpaired) electrons. The van der Waals surface area contributed by atoms with E-state index in [4.69, 9.17) is 9.72 Å². The van der Waals surface area contributed by atoms with Gasteiger partial charge in [-0.25, -0.2) is 9.97 Å². The van der Waals surface area contributed by atoms with Gasteiger partial charge in [0.05, 0.1) is 12.5 Å². The number of anilines is 1. The molecule has 1 aromatic carbocycles. The molecular formula is C19H20N4O2S. The van der Waals surface area contributed by atoms with Crippen molar-refractivity contribution in [1.29, 1.82) is 0 Å². The number of hydrogen-bond acceptors (Lipinski definition) is 6. The fourth-order valence-electron chi connectivity index (χ4n) is 3.28. The number of aromatic nitrogens is 2. The minimum atomic E-state index is 0.718. The minimum absolute atomic E-state index is 0.718. The number of benzene rings is 1. The van der Waals surface area contributed by atoms with E-state index in [0.717, 1.165) is 71.3 Å². The number of fused-ring (bicyclic) bond motifs is 1. The molecule has 6 nitrogen and oxygen atoms in total. The van der Waals surface area contributed by atoms with Gasteiger partial charge in [-0.2, -0.15) is 0 Å². The summed E-state index contributed by atoms with van der Waals surface area (Å²) in [6, 6.07) is 8.06. The van der Waals surface area contributed by atoms with Gasteiger partial charge in [-0.05, 0) is 24.6 Å². The van der Waals surface area contributed by atoms with Crippen LogP contribution in [0.4, 0.5) is 5.82 Å². The Morgan fingerprint density at radius 1 is 1.12 bits per heavy atom. The molecule has 2 aromatic heterocycles. The van der Waals surface area contributed by atoms with Crippen molar-refractivity contribution in [1.82, 2.24) is 14.9 Å². The highest BCUT2D eigenvalue weighted by Gasteiger charge is 2.22. The smallest absolute Gasteiger partial charge is 0.209 e. The Bertz CT molecular complexity index is 931. The summed E-state index contributed by atoms with van der Waals surface area (Å²) in [5.41, 5.74) is 2.26. The lowest BCUT2D eigenvalue weighted by Crippen LogP contribution is -2.46. The van der Waals surface area contributed by atoms with E-state index >= 15 is 0 Å². The number of piperazine rings is 1. The van der Waals surface area contributed by atoms with Gasteiger partial charge < -0.3 is 14.5 Å². The number of ether oxygens (including phenoxy) is 1. The summed E-state index contributed by atoms with van der Waals surface area (Å²) >= 11 is 1.64. The van der Waals surface area contributed by atoms with Crippen LogP contribution in [0.25, 0.3) is 21.3 Å². The van der Waals surface area contributed by atoms with Crippen molar-refractivity contribution in [3.8, 4) is 16.9 Å². The van der Waals surface area contributed by atoms with E-state index in [0.29, 0.717) is 0 Å². The van der Waals surface area contributed by atoms with E-state index in [2.05, 4.69) is 27.4 Å². The number of thiophene rings is 1. The van der Waals surface area contributed by atoms with E-state index < -0.39 is 0 Å². The lowest BCUT2D eigenvalue weighted by Gasteiger charge is -2.33. The summed E-state index contributed by atoms with van der Waals surface area (Å²) in [6.45, 7) is 4.92. The number of methoxy groups -OCH3 is 1. The Morgan fingerprint density at radius 3 is 2.50 bits per heavy atom. The second-order valence-corrected chi connectivity index (χ2v) is 7.14. The highest BCUT2D eigenvalue weighted by Crippen LogP contribution is 2.39. The summed E-state index contributed by atoms with van der Waals surface area (Å²) in [4.78, 5) is 25.4. The number of rotatable bonds is 4. The molecule has 0 atom stereocenters. The monoisotopic (exact) mass is 368 g/mol. The molecule has 0 unspecified atom stereocenters. The summed E-state index contributed by atoms with van der Waals surface area (Å²) in [5.74, 6) is 2.57. The molecule has 134 valence electrons. The van der Waals surface area contributed by atoms with Crippen LogP contribution in [0, 0.1) is 6.92 Å². The zero-order chi connectivity index (χ0) is 18.1. The van der Waals surface area contributed by atoms with Crippen LogP contribution in [0.3, 0.4) is 0 Å². The van der Waals surface area contributed by atoms with Crippen LogP contribution in [0.15, 0.2) is 29.6 Å². The average Bonchev–Trinajstić information content (AvgIpc) is 3.11.